The Labute approximate surface area is 66.8 Å². The van der Waals surface area contributed by atoms with Crippen molar-refractivity contribution in [3.05, 3.63) is 0 Å². The van der Waals surface area contributed by atoms with Gasteiger partial charge in [0.1, 0.15) is 0 Å². The highest BCUT2D eigenvalue weighted by Crippen LogP contribution is 1.47. The fourth-order valence-electron chi connectivity index (χ4n) is 0.250. The van der Waals surface area contributed by atoms with Gasteiger partial charge in [-0.25, -0.2) is 0 Å². The van der Waals surface area contributed by atoms with Crippen LogP contribution < -0.4 is 5.32 Å². The van der Waals surface area contributed by atoms with E-state index >= 15 is 0 Å². The Hall–Kier alpha value is 0.972. The molecule has 7 heavy (non-hydrogen) atoms. The molecule has 1 N–H and O–H groups in total. The van der Waals surface area contributed by atoms with Gasteiger partial charge in [-0.15, -0.1) is 17.0 Å². The summed E-state index contributed by atoms with van der Waals surface area (Å²) < 4.78 is 0. The summed E-state index contributed by atoms with van der Waals surface area (Å²) in [5.41, 5.74) is 0. The summed E-state index contributed by atoms with van der Waals surface area (Å²) in [5, 5.41) is 3.11. The van der Waals surface area contributed by atoms with Gasteiger partial charge >= 0.3 is 0 Å². The van der Waals surface area contributed by atoms with E-state index in [0.29, 0.717) is 0 Å². The van der Waals surface area contributed by atoms with Gasteiger partial charge in [0, 0.05) is 0 Å². The van der Waals surface area contributed by atoms with Crippen LogP contribution in [0.4, 0.5) is 0 Å². The van der Waals surface area contributed by atoms with Crippen molar-refractivity contribution in [2.45, 2.75) is 13.8 Å². The van der Waals surface area contributed by atoms with Crippen LogP contribution in [-0.4, -0.2) is 30.5 Å². The first kappa shape index (κ1) is 15.7. The maximum absolute atomic E-state index is 3.11. The van der Waals surface area contributed by atoms with Crippen molar-refractivity contribution in [2.75, 3.05) is 13.1 Å². The summed E-state index contributed by atoms with van der Waals surface area (Å²) in [6.45, 7) is 6.39. The molecule has 0 rings (SSSR count). The van der Waals surface area contributed by atoms with Crippen molar-refractivity contribution < 1.29 is 0 Å². The highest BCUT2D eigenvalue weighted by atomic mass is 79.9. The third-order valence-corrected chi connectivity index (χ3v) is 0.500. The summed E-state index contributed by atoms with van der Waals surface area (Å²) in [6.07, 6.45) is 0. The lowest BCUT2D eigenvalue weighted by atomic mass is 10.7. The highest BCUT2D eigenvalue weighted by molar-refractivity contribution is 8.93. The second-order valence-corrected chi connectivity index (χ2v) is 0.957. The molecule has 0 fully saturated rings. The number of halogens is 1. The Morgan fingerprint density at radius 1 is 1.14 bits per heavy atom. The third-order valence-electron chi connectivity index (χ3n) is 0.500. The van der Waals surface area contributed by atoms with E-state index in [1.807, 2.05) is 0 Å². The van der Waals surface area contributed by atoms with E-state index in [2.05, 4.69) is 19.2 Å². The Bertz CT molecular complexity index is 19.2. The molecule has 0 spiro atoms. The summed E-state index contributed by atoms with van der Waals surface area (Å²) in [7, 11) is 0. The molecule has 1 nitrogen and oxygen atoms in total. The molecular weight excluding hydrogens is 169 g/mol. The van der Waals surface area contributed by atoms with Crippen LogP contribution in [0, 0.1) is 0 Å². The van der Waals surface area contributed by atoms with E-state index in [-0.39, 0.29) is 34.3 Å². The van der Waals surface area contributed by atoms with Crippen molar-refractivity contribution in [1.82, 2.24) is 5.32 Å². The van der Waals surface area contributed by atoms with Gasteiger partial charge in [0.15, 0.2) is 17.4 Å². The van der Waals surface area contributed by atoms with Gasteiger partial charge < -0.3 is 5.32 Å². The van der Waals surface area contributed by atoms with Crippen LogP contribution in [0.15, 0.2) is 0 Å². The highest BCUT2D eigenvalue weighted by Gasteiger charge is 1.62. The molecule has 0 saturated carbocycles. The van der Waals surface area contributed by atoms with Gasteiger partial charge in [-0.2, -0.15) is 0 Å². The van der Waals surface area contributed by atoms with Crippen molar-refractivity contribution in [3.63, 3.8) is 0 Å². The lowest BCUT2D eigenvalue weighted by molar-refractivity contribution is 0.762. The van der Waals surface area contributed by atoms with Gasteiger partial charge in [-0.05, 0) is 13.1 Å². The molecule has 3 heteroatoms. The predicted molar refractivity (Wildman–Crippen MR) is 44.5 cm³/mol. The lowest BCUT2D eigenvalue weighted by Gasteiger charge is -1.86. The topological polar surface area (TPSA) is 12.0 Å². The number of nitrogens with one attached hydrogen (secondary N) is 1. The van der Waals surface area contributed by atoms with E-state index in [4.69, 9.17) is 0 Å². The SMILES string of the molecule is Br.CCNCC.[AlH3]. The van der Waals surface area contributed by atoms with Crippen molar-refractivity contribution in [1.29, 1.82) is 0 Å². The molecule has 0 aromatic carbocycles. The van der Waals surface area contributed by atoms with E-state index in [1.54, 1.807) is 0 Å². The second kappa shape index (κ2) is 15.8. The second-order valence-electron chi connectivity index (χ2n) is 0.957. The molecular formula is C4H15AlBrN. The molecule has 46 valence electrons. The van der Waals surface area contributed by atoms with E-state index in [0.717, 1.165) is 13.1 Å². The molecule has 0 aliphatic carbocycles. The summed E-state index contributed by atoms with van der Waals surface area (Å²) in [6, 6.07) is 0. The smallest absolute Gasteiger partial charge is 0.187 e. The monoisotopic (exact) mass is 183 g/mol. The minimum Gasteiger partial charge on any atom is -0.317 e. The Balaban J connectivity index is -0.0000000800. The summed E-state index contributed by atoms with van der Waals surface area (Å²) in [5.74, 6) is 0. The molecule has 0 aliphatic rings. The average molecular weight is 184 g/mol. The number of rotatable bonds is 2. The molecule has 0 aliphatic heterocycles. The maximum Gasteiger partial charge on any atom is 0.187 e. The van der Waals surface area contributed by atoms with E-state index in [9.17, 15) is 0 Å². The van der Waals surface area contributed by atoms with Crippen molar-refractivity contribution in [2.24, 2.45) is 0 Å². The largest absolute Gasteiger partial charge is 0.317 e. The fraction of sp³-hybridized carbons (Fsp3) is 1.00. The zero-order valence-electron chi connectivity index (χ0n) is 4.32. The van der Waals surface area contributed by atoms with Crippen molar-refractivity contribution in [3.8, 4) is 0 Å². The minimum absolute atomic E-state index is 0. The molecule has 0 atom stereocenters. The van der Waals surface area contributed by atoms with Crippen LogP contribution in [0.3, 0.4) is 0 Å². The lowest BCUT2D eigenvalue weighted by Crippen LogP contribution is -2.09. The van der Waals surface area contributed by atoms with Crippen LogP contribution in [-0.2, 0) is 0 Å². The van der Waals surface area contributed by atoms with Gasteiger partial charge in [0.25, 0.3) is 0 Å². The molecule has 0 aromatic rings. The molecule has 0 unspecified atom stereocenters. The van der Waals surface area contributed by atoms with E-state index in [1.165, 1.54) is 0 Å². The zero-order valence-corrected chi connectivity index (χ0v) is 6.04. The molecule has 0 heterocycles. The minimum atomic E-state index is 0. The first-order valence-corrected chi connectivity index (χ1v) is 2.12. The van der Waals surface area contributed by atoms with Gasteiger partial charge in [0.05, 0.1) is 0 Å². The zero-order chi connectivity index (χ0) is 4.12. The first-order valence-electron chi connectivity index (χ1n) is 2.12. The van der Waals surface area contributed by atoms with Gasteiger partial charge in [0.2, 0.25) is 0 Å². The normalized spacial score (nSPS) is 6.00. The molecule has 0 saturated heterocycles. The maximum atomic E-state index is 3.11. The van der Waals surface area contributed by atoms with Gasteiger partial charge in [-0.3, -0.25) is 0 Å². The fourth-order valence-corrected chi connectivity index (χ4v) is 0.250. The van der Waals surface area contributed by atoms with Crippen LogP contribution in [0.25, 0.3) is 0 Å². The van der Waals surface area contributed by atoms with Crippen LogP contribution in [0.2, 0.25) is 0 Å². The summed E-state index contributed by atoms with van der Waals surface area (Å²) in [4.78, 5) is 0. The third kappa shape index (κ3) is 19.5. The van der Waals surface area contributed by atoms with Crippen LogP contribution in [0.1, 0.15) is 13.8 Å². The molecule has 0 bridgehead atoms. The van der Waals surface area contributed by atoms with Gasteiger partial charge in [-0.1, -0.05) is 13.8 Å². The Morgan fingerprint density at radius 3 is 1.43 bits per heavy atom. The predicted octanol–water partition coefficient (Wildman–Crippen LogP) is 0.00980. The summed E-state index contributed by atoms with van der Waals surface area (Å²) >= 11 is 0. The van der Waals surface area contributed by atoms with Crippen LogP contribution in [0.5, 0.6) is 0 Å². The quantitative estimate of drug-likeness (QED) is 0.596. The van der Waals surface area contributed by atoms with Crippen molar-refractivity contribution >= 4 is 34.3 Å². The van der Waals surface area contributed by atoms with Crippen LogP contribution >= 0.6 is 17.0 Å². The molecule has 0 aromatic heterocycles. The first-order chi connectivity index (χ1) is 2.41. The Kier molecular flexibility index (Phi) is 35.3. The number of hydrogen-bond donors (Lipinski definition) is 1. The standard InChI is InChI=1S/C4H11N.Al.BrH.3H/c1-3-5-4-2;;;;;/h5H,3-4H2,1-2H3;;1H;;;. The molecule has 0 amide bonds. The average Bonchev–Trinajstić information content (AvgIpc) is 1.41. The Morgan fingerprint density at radius 2 is 1.43 bits per heavy atom. The van der Waals surface area contributed by atoms with E-state index < -0.39 is 0 Å². The molecule has 0 radical (unpaired) electrons. The number of hydrogen-bond acceptors (Lipinski definition) is 1.